The van der Waals surface area contributed by atoms with Gasteiger partial charge in [0.25, 0.3) is 0 Å². The van der Waals surface area contributed by atoms with Crippen LogP contribution in [0.1, 0.15) is 27.2 Å². The number of amides is 1. The molecule has 0 aliphatic heterocycles. The van der Waals surface area contributed by atoms with E-state index in [0.717, 1.165) is 30.0 Å². The molecule has 1 amide bonds. The smallest absolute Gasteiger partial charge is 0.217 e. The molecule has 0 aliphatic rings. The largest absolute Gasteiger partial charge is 0.399 e. The molecule has 0 bridgehead atoms. The summed E-state index contributed by atoms with van der Waals surface area (Å²) in [5.41, 5.74) is 8.45. The number of benzene rings is 1. The second kappa shape index (κ2) is 8.92. The van der Waals surface area contributed by atoms with E-state index >= 15 is 0 Å². The number of anilines is 3. The summed E-state index contributed by atoms with van der Waals surface area (Å²) < 4.78 is 0. The highest BCUT2D eigenvalue weighted by Crippen LogP contribution is 2.26. The van der Waals surface area contributed by atoms with Crippen LogP contribution in [0, 0.1) is 0 Å². The Bertz CT molecular complexity index is 487. The first-order chi connectivity index (χ1) is 10.2. The van der Waals surface area contributed by atoms with Crippen molar-refractivity contribution in [2.75, 3.05) is 36.6 Å². The van der Waals surface area contributed by atoms with Crippen LogP contribution in [0.3, 0.4) is 0 Å². The minimum absolute atomic E-state index is 0.00654. The maximum Gasteiger partial charge on any atom is 0.217 e. The van der Waals surface area contributed by atoms with Gasteiger partial charge in [-0.1, -0.05) is 0 Å². The van der Waals surface area contributed by atoms with Crippen LogP contribution < -0.4 is 21.3 Å². The van der Waals surface area contributed by atoms with Crippen molar-refractivity contribution in [1.29, 1.82) is 0 Å². The van der Waals surface area contributed by atoms with Crippen molar-refractivity contribution in [3.05, 3.63) is 18.2 Å². The topological polar surface area (TPSA) is 87.5 Å². The number of carbonyl (C=O) groups is 2. The Morgan fingerprint density at radius 1 is 1.32 bits per heavy atom. The van der Waals surface area contributed by atoms with Crippen molar-refractivity contribution in [1.82, 2.24) is 5.32 Å². The first-order valence-corrected chi connectivity index (χ1v) is 7.09. The van der Waals surface area contributed by atoms with Gasteiger partial charge in [-0.15, -0.1) is 0 Å². The van der Waals surface area contributed by atoms with Crippen LogP contribution in [0.25, 0.3) is 0 Å². The fourth-order valence-electron chi connectivity index (χ4n) is 2.13. The maximum absolute atomic E-state index is 11.1. The fourth-order valence-corrected chi connectivity index (χ4v) is 2.13. The normalized spacial score (nSPS) is 10.2. The third-order valence-corrected chi connectivity index (χ3v) is 3.08. The predicted molar refractivity (Wildman–Crippen MR) is 93.3 cm³/mol. The number of hydrogen-bond donors (Lipinski definition) is 3. The summed E-state index contributed by atoms with van der Waals surface area (Å²) in [6.07, 6.45) is 0.828. The number of rotatable bonds is 6. The first kappa shape index (κ1) is 19.8. The zero-order chi connectivity index (χ0) is 17.3. The lowest BCUT2D eigenvalue weighted by Gasteiger charge is -2.26. The molecule has 0 heterocycles. The van der Waals surface area contributed by atoms with E-state index in [4.69, 9.17) is 10.5 Å². The molecule has 0 saturated carbocycles. The lowest BCUT2D eigenvalue weighted by Crippen LogP contribution is -2.43. The summed E-state index contributed by atoms with van der Waals surface area (Å²) in [6.45, 7) is 8.33. The lowest BCUT2D eigenvalue weighted by molar-refractivity contribution is -0.120. The SMILES string of the molecule is C=O.CC(=O)NC(C)(C)CCNc1cc(N)ccc1N(C)C. The average Bonchev–Trinajstić information content (AvgIpc) is 2.39. The molecule has 124 valence electrons. The molecule has 0 radical (unpaired) electrons. The highest BCUT2D eigenvalue weighted by molar-refractivity contribution is 5.74. The number of nitrogens with zero attached hydrogens (tertiary/aromatic N) is 1. The number of hydrogen-bond acceptors (Lipinski definition) is 5. The second-order valence-electron chi connectivity index (χ2n) is 5.91. The van der Waals surface area contributed by atoms with Crippen molar-refractivity contribution in [2.24, 2.45) is 0 Å². The molecule has 22 heavy (non-hydrogen) atoms. The Labute approximate surface area is 133 Å². The van der Waals surface area contributed by atoms with Crippen molar-refractivity contribution in [2.45, 2.75) is 32.7 Å². The number of nitrogens with one attached hydrogen (secondary N) is 2. The number of carbonyl (C=O) groups excluding carboxylic acids is 2. The van der Waals surface area contributed by atoms with E-state index in [2.05, 4.69) is 10.6 Å². The van der Waals surface area contributed by atoms with E-state index in [1.54, 1.807) is 0 Å². The summed E-state index contributed by atoms with van der Waals surface area (Å²) in [7, 11) is 4.00. The molecule has 0 fully saturated rings. The summed E-state index contributed by atoms with van der Waals surface area (Å²) in [6, 6.07) is 5.82. The lowest BCUT2D eigenvalue weighted by atomic mass is 10.0. The molecule has 1 aromatic rings. The summed E-state index contributed by atoms with van der Waals surface area (Å²) in [5.74, 6) is -0.00654. The van der Waals surface area contributed by atoms with E-state index < -0.39 is 0 Å². The Morgan fingerprint density at radius 3 is 2.41 bits per heavy atom. The van der Waals surface area contributed by atoms with Gasteiger partial charge in [-0.05, 0) is 38.5 Å². The van der Waals surface area contributed by atoms with E-state index in [-0.39, 0.29) is 11.4 Å². The highest BCUT2D eigenvalue weighted by Gasteiger charge is 2.18. The number of nitrogens with two attached hydrogens (primary N) is 1. The highest BCUT2D eigenvalue weighted by atomic mass is 16.1. The second-order valence-corrected chi connectivity index (χ2v) is 5.91. The van der Waals surface area contributed by atoms with Crippen LogP contribution in [-0.2, 0) is 9.59 Å². The predicted octanol–water partition coefficient (Wildman–Crippen LogP) is 1.87. The molecule has 0 unspecified atom stereocenters. The van der Waals surface area contributed by atoms with E-state index in [1.165, 1.54) is 6.92 Å². The molecule has 0 atom stereocenters. The van der Waals surface area contributed by atoms with Crippen molar-refractivity contribution < 1.29 is 9.59 Å². The van der Waals surface area contributed by atoms with Crippen LogP contribution in [0.4, 0.5) is 17.1 Å². The Morgan fingerprint density at radius 2 is 1.91 bits per heavy atom. The van der Waals surface area contributed by atoms with Gasteiger partial charge in [-0.3, -0.25) is 4.79 Å². The van der Waals surface area contributed by atoms with Gasteiger partial charge in [0, 0.05) is 38.8 Å². The van der Waals surface area contributed by atoms with Crippen molar-refractivity contribution in [3.63, 3.8) is 0 Å². The monoisotopic (exact) mass is 308 g/mol. The molecule has 1 rings (SSSR count). The van der Waals surface area contributed by atoms with Gasteiger partial charge in [0.2, 0.25) is 5.91 Å². The molecular formula is C16H28N4O2. The quantitative estimate of drug-likeness (QED) is 0.698. The van der Waals surface area contributed by atoms with Gasteiger partial charge in [-0.25, -0.2) is 0 Å². The van der Waals surface area contributed by atoms with Crippen LogP contribution in [0.15, 0.2) is 18.2 Å². The van der Waals surface area contributed by atoms with E-state index in [1.807, 2.05) is 57.8 Å². The molecule has 6 nitrogen and oxygen atoms in total. The zero-order valence-corrected chi connectivity index (χ0v) is 14.2. The van der Waals surface area contributed by atoms with Gasteiger partial charge in [0.05, 0.1) is 11.4 Å². The molecule has 1 aromatic carbocycles. The van der Waals surface area contributed by atoms with Crippen molar-refractivity contribution in [3.8, 4) is 0 Å². The first-order valence-electron chi connectivity index (χ1n) is 7.09. The zero-order valence-electron chi connectivity index (χ0n) is 14.2. The van der Waals surface area contributed by atoms with Gasteiger partial charge in [0.15, 0.2) is 0 Å². The van der Waals surface area contributed by atoms with Crippen LogP contribution in [0.5, 0.6) is 0 Å². The van der Waals surface area contributed by atoms with Gasteiger partial charge >= 0.3 is 0 Å². The summed E-state index contributed by atoms with van der Waals surface area (Å²) in [5, 5.41) is 6.33. The fraction of sp³-hybridized carbons (Fsp3) is 0.500. The Hall–Kier alpha value is -2.24. The Kier molecular flexibility index (Phi) is 8.01. The van der Waals surface area contributed by atoms with Crippen LogP contribution in [-0.4, -0.2) is 38.9 Å². The van der Waals surface area contributed by atoms with Crippen LogP contribution in [0.2, 0.25) is 0 Å². The van der Waals surface area contributed by atoms with Gasteiger partial charge in [-0.2, -0.15) is 0 Å². The third-order valence-electron chi connectivity index (χ3n) is 3.08. The summed E-state index contributed by atoms with van der Waals surface area (Å²) in [4.78, 5) is 21.2. The Balaban J connectivity index is 0.00000211. The molecule has 4 N–H and O–H groups in total. The standard InChI is InChI=1S/C15H26N4O.CH2O/c1-11(20)18-15(2,3)8-9-17-13-10-12(16)6-7-14(13)19(4)5;1-2/h6-7,10,17H,8-9,16H2,1-5H3,(H,18,20);1H2. The van der Waals surface area contributed by atoms with Gasteiger partial charge in [0.1, 0.15) is 6.79 Å². The van der Waals surface area contributed by atoms with Crippen LogP contribution >= 0.6 is 0 Å². The molecular weight excluding hydrogens is 280 g/mol. The molecule has 0 aromatic heterocycles. The minimum Gasteiger partial charge on any atom is -0.399 e. The maximum atomic E-state index is 11.1. The third kappa shape index (κ3) is 6.97. The molecule has 0 spiro atoms. The van der Waals surface area contributed by atoms with Crippen molar-refractivity contribution >= 4 is 29.8 Å². The van der Waals surface area contributed by atoms with E-state index in [9.17, 15) is 4.79 Å². The molecule has 0 saturated heterocycles. The molecule has 0 aliphatic carbocycles. The summed E-state index contributed by atoms with van der Waals surface area (Å²) >= 11 is 0. The van der Waals surface area contributed by atoms with Gasteiger partial charge < -0.3 is 26.1 Å². The molecule has 6 heteroatoms. The average molecular weight is 308 g/mol. The van der Waals surface area contributed by atoms with E-state index in [0.29, 0.717) is 0 Å². The minimum atomic E-state index is -0.225. The number of nitrogen functional groups attached to an aromatic ring is 1.